The molecule has 2 aromatic rings. The van der Waals surface area contributed by atoms with Gasteiger partial charge in [0.1, 0.15) is 5.69 Å². The van der Waals surface area contributed by atoms with E-state index in [9.17, 15) is 13.6 Å². The van der Waals surface area contributed by atoms with Crippen LogP contribution in [-0.2, 0) is 24.3 Å². The predicted molar refractivity (Wildman–Crippen MR) is 101 cm³/mol. The van der Waals surface area contributed by atoms with Crippen LogP contribution in [0.5, 0.6) is 0 Å². The van der Waals surface area contributed by atoms with Crippen molar-refractivity contribution in [2.45, 2.75) is 43.0 Å². The fraction of sp³-hybridized carbons (Fsp3) is 0.421. The molecule has 1 fully saturated rings. The van der Waals surface area contributed by atoms with E-state index in [0.29, 0.717) is 11.7 Å². The van der Waals surface area contributed by atoms with E-state index in [1.54, 1.807) is 11.6 Å². The molecular formula is C19H22F2N4OS. The van der Waals surface area contributed by atoms with Crippen molar-refractivity contribution >= 4 is 22.5 Å². The zero-order chi connectivity index (χ0) is 19.1. The van der Waals surface area contributed by atoms with E-state index in [4.69, 9.17) is 4.78 Å². The Morgan fingerprint density at radius 1 is 1.33 bits per heavy atom. The van der Waals surface area contributed by atoms with E-state index in [-0.39, 0.29) is 11.6 Å². The zero-order valence-corrected chi connectivity index (χ0v) is 15.8. The third-order valence-corrected chi connectivity index (χ3v) is 6.56. The van der Waals surface area contributed by atoms with Crippen LogP contribution in [0.2, 0.25) is 0 Å². The van der Waals surface area contributed by atoms with E-state index in [0.717, 1.165) is 47.8 Å². The number of benzene rings is 1. The molecule has 3 N–H and O–H groups in total. The lowest BCUT2D eigenvalue weighted by Crippen LogP contribution is -2.29. The number of anilines is 1. The first kappa shape index (κ1) is 18.3. The largest absolute Gasteiger partial charge is 0.345 e. The summed E-state index contributed by atoms with van der Waals surface area (Å²) in [4.78, 5) is 13.7. The third-order valence-electron chi connectivity index (χ3n) is 5.20. The molecule has 2 aliphatic rings. The van der Waals surface area contributed by atoms with Crippen LogP contribution < -0.4 is 10.0 Å². The molecular weight excluding hydrogens is 370 g/mol. The van der Waals surface area contributed by atoms with Crippen LogP contribution in [0.4, 0.5) is 14.5 Å². The van der Waals surface area contributed by atoms with E-state index in [2.05, 4.69) is 10.0 Å². The van der Waals surface area contributed by atoms with Crippen LogP contribution in [-0.4, -0.2) is 16.5 Å². The summed E-state index contributed by atoms with van der Waals surface area (Å²) in [5, 5.41) is 2.65. The molecule has 0 bridgehead atoms. The van der Waals surface area contributed by atoms with E-state index in [1.165, 1.54) is 18.9 Å². The molecule has 5 nitrogen and oxygen atoms in total. The van der Waals surface area contributed by atoms with Crippen molar-refractivity contribution in [1.82, 2.24) is 9.29 Å². The molecule has 4 rings (SSSR count). The highest BCUT2D eigenvalue weighted by atomic mass is 32.2. The summed E-state index contributed by atoms with van der Waals surface area (Å²) in [7, 11) is 0.901. The lowest BCUT2D eigenvalue weighted by atomic mass is 10.0. The van der Waals surface area contributed by atoms with E-state index >= 15 is 0 Å². The molecule has 8 heteroatoms. The van der Waals surface area contributed by atoms with Crippen molar-refractivity contribution in [3.05, 3.63) is 47.3 Å². The number of aryl methyl sites for hydroxylation is 1. The fourth-order valence-corrected chi connectivity index (χ4v) is 5.04. The van der Waals surface area contributed by atoms with E-state index < -0.39 is 22.5 Å². The minimum atomic E-state index is -1.00. The van der Waals surface area contributed by atoms with Crippen LogP contribution in [0.3, 0.4) is 0 Å². The maximum atomic E-state index is 13.4. The minimum absolute atomic E-state index is 0.206. The number of hydrogen-bond acceptors (Lipinski definition) is 2. The summed E-state index contributed by atoms with van der Waals surface area (Å²) < 4.78 is 40.1. The summed E-state index contributed by atoms with van der Waals surface area (Å²) in [5.41, 5.74) is 1.56. The molecule has 1 amide bonds. The van der Waals surface area contributed by atoms with Gasteiger partial charge in [0, 0.05) is 31.0 Å². The third kappa shape index (κ3) is 3.82. The predicted octanol–water partition coefficient (Wildman–Crippen LogP) is 3.91. The molecule has 144 valence electrons. The molecule has 1 aromatic carbocycles. The van der Waals surface area contributed by atoms with Crippen molar-refractivity contribution in [3.63, 3.8) is 0 Å². The minimum Gasteiger partial charge on any atom is -0.345 e. The van der Waals surface area contributed by atoms with Crippen LogP contribution >= 0.6 is 0 Å². The molecule has 0 saturated heterocycles. The smallest absolute Gasteiger partial charge is 0.272 e. The summed E-state index contributed by atoms with van der Waals surface area (Å²) in [6.45, 7) is 0. The van der Waals surface area contributed by atoms with Gasteiger partial charge in [0.05, 0.1) is 4.90 Å². The number of carbonyl (C=O) groups excluding carboxylic acids is 1. The van der Waals surface area contributed by atoms with Gasteiger partial charge in [-0.15, -0.1) is 0 Å². The SMILES string of the molecule is Cn1cc2c(c1C(=O)Nc1ccc(F)c(F)c1)CC[C@H](CC1CC1)NS2=N. The number of rotatable bonds is 4. The molecule has 0 spiro atoms. The first-order valence-corrected chi connectivity index (χ1v) is 10.3. The summed E-state index contributed by atoms with van der Waals surface area (Å²) in [5.74, 6) is -1.55. The van der Waals surface area contributed by atoms with Gasteiger partial charge in [0.15, 0.2) is 11.6 Å². The van der Waals surface area contributed by atoms with Gasteiger partial charge >= 0.3 is 0 Å². The Morgan fingerprint density at radius 3 is 2.81 bits per heavy atom. The maximum absolute atomic E-state index is 13.4. The summed E-state index contributed by atoms with van der Waals surface area (Å²) >= 11 is 0. The van der Waals surface area contributed by atoms with Crippen molar-refractivity contribution in [2.24, 2.45) is 13.0 Å². The number of amides is 1. The van der Waals surface area contributed by atoms with Gasteiger partial charge in [-0.3, -0.25) is 9.57 Å². The molecule has 2 atom stereocenters. The highest BCUT2D eigenvalue weighted by molar-refractivity contribution is 7.84. The Hall–Kier alpha value is -2.06. The van der Waals surface area contributed by atoms with Crippen LogP contribution in [0.15, 0.2) is 29.3 Å². The first-order valence-electron chi connectivity index (χ1n) is 9.08. The normalized spacial score (nSPS) is 22.2. The Kier molecular flexibility index (Phi) is 4.86. The number of aromatic nitrogens is 1. The fourth-order valence-electron chi connectivity index (χ4n) is 3.66. The number of fused-ring (bicyclic) bond motifs is 1. The lowest BCUT2D eigenvalue weighted by molar-refractivity contribution is 0.101. The van der Waals surface area contributed by atoms with Crippen molar-refractivity contribution in [1.29, 1.82) is 4.78 Å². The zero-order valence-electron chi connectivity index (χ0n) is 15.0. The number of carbonyl (C=O) groups is 1. The topological polar surface area (TPSA) is 69.9 Å². The van der Waals surface area contributed by atoms with Gasteiger partial charge in [0.25, 0.3) is 5.91 Å². The maximum Gasteiger partial charge on any atom is 0.272 e. The number of nitrogens with one attached hydrogen (secondary N) is 3. The molecule has 1 aliphatic carbocycles. The second-order valence-corrected chi connectivity index (χ2v) is 8.64. The Labute approximate surface area is 159 Å². The van der Waals surface area contributed by atoms with Gasteiger partial charge in [0.2, 0.25) is 0 Å². The van der Waals surface area contributed by atoms with Gasteiger partial charge in [-0.05, 0) is 53.8 Å². The standard InChI is InChI=1S/C19H22F2N4OS/c1-25-10-17-14(6-4-13(24-27(17)22)8-11-2-3-11)18(25)19(26)23-12-5-7-15(20)16(21)9-12/h5,7,9-11,13H,2-4,6,8H2,1H3,(H2,22,24)(H,23,26)/t13-,27?/m1/s1. The van der Waals surface area contributed by atoms with Gasteiger partial charge in [-0.25, -0.2) is 13.5 Å². The first-order chi connectivity index (χ1) is 12.9. The molecule has 1 unspecified atom stereocenters. The molecule has 1 saturated carbocycles. The van der Waals surface area contributed by atoms with Gasteiger partial charge < -0.3 is 9.88 Å². The Bertz CT molecular complexity index is 923. The van der Waals surface area contributed by atoms with Crippen molar-refractivity contribution < 1.29 is 13.6 Å². The summed E-state index contributed by atoms with van der Waals surface area (Å²) in [6, 6.07) is 3.60. The number of halogens is 2. The number of nitrogens with zero attached hydrogens (tertiary/aromatic N) is 1. The van der Waals surface area contributed by atoms with E-state index in [1.807, 2.05) is 6.20 Å². The molecule has 27 heavy (non-hydrogen) atoms. The van der Waals surface area contributed by atoms with Gasteiger partial charge in [-0.2, -0.15) is 0 Å². The molecule has 0 radical (unpaired) electrons. The Balaban J connectivity index is 1.57. The molecule has 2 heterocycles. The highest BCUT2D eigenvalue weighted by Crippen LogP contribution is 2.36. The van der Waals surface area contributed by atoms with Crippen molar-refractivity contribution in [2.75, 3.05) is 5.32 Å². The Morgan fingerprint density at radius 2 is 2.11 bits per heavy atom. The second kappa shape index (κ2) is 7.16. The van der Waals surface area contributed by atoms with Crippen LogP contribution in [0.25, 0.3) is 0 Å². The molecule has 1 aliphatic heterocycles. The average Bonchev–Trinajstić information content (AvgIpc) is 3.38. The summed E-state index contributed by atoms with van der Waals surface area (Å²) in [6.07, 6.45) is 7.10. The van der Waals surface area contributed by atoms with Gasteiger partial charge in [-0.1, -0.05) is 12.8 Å². The molecule has 1 aromatic heterocycles. The van der Waals surface area contributed by atoms with Crippen molar-refractivity contribution in [3.8, 4) is 0 Å². The quantitative estimate of drug-likeness (QED) is 0.738. The second-order valence-electron chi connectivity index (χ2n) is 7.35. The van der Waals surface area contributed by atoms with Crippen LogP contribution in [0.1, 0.15) is 41.7 Å². The monoisotopic (exact) mass is 392 g/mol. The van der Waals surface area contributed by atoms with Crippen LogP contribution in [0, 0.1) is 22.3 Å². The average molecular weight is 392 g/mol. The lowest BCUT2D eigenvalue weighted by Gasteiger charge is -2.16. The number of hydrogen-bond donors (Lipinski definition) is 3. The highest BCUT2D eigenvalue weighted by Gasteiger charge is 2.30.